The van der Waals surface area contributed by atoms with Gasteiger partial charge in [0.15, 0.2) is 0 Å². The third-order valence-corrected chi connectivity index (χ3v) is 4.18. The Balaban J connectivity index is 1.51. The van der Waals surface area contributed by atoms with Crippen molar-refractivity contribution in [2.45, 2.75) is 6.42 Å². The number of nitrogens with one attached hydrogen (secondary N) is 3. The zero-order chi connectivity index (χ0) is 19.3. The summed E-state index contributed by atoms with van der Waals surface area (Å²) in [5.41, 5.74) is 2.57. The summed E-state index contributed by atoms with van der Waals surface area (Å²) in [5.74, 6) is 0.726. The lowest BCUT2D eigenvalue weighted by atomic mass is 10.2. The maximum atomic E-state index is 11.3. The topological polar surface area (TPSA) is 122 Å². The summed E-state index contributed by atoms with van der Waals surface area (Å²) < 4.78 is 0. The van der Waals surface area contributed by atoms with E-state index in [1.807, 2.05) is 36.4 Å². The molecule has 0 unspecified atom stereocenters. The molecule has 4 rings (SSSR count). The average Bonchev–Trinajstić information content (AvgIpc) is 3.17. The third-order valence-electron chi connectivity index (χ3n) is 4.18. The molecule has 4 aromatic rings. The summed E-state index contributed by atoms with van der Waals surface area (Å²) in [6.45, 7) is 0.481. The van der Waals surface area contributed by atoms with E-state index in [4.69, 9.17) is 0 Å². The molecule has 3 heterocycles. The van der Waals surface area contributed by atoms with E-state index in [0.717, 1.165) is 22.3 Å². The van der Waals surface area contributed by atoms with Gasteiger partial charge < -0.3 is 10.6 Å². The summed E-state index contributed by atoms with van der Waals surface area (Å²) >= 11 is 0. The van der Waals surface area contributed by atoms with Crippen molar-refractivity contribution in [3.63, 3.8) is 0 Å². The first-order valence-electron chi connectivity index (χ1n) is 8.68. The Morgan fingerprint density at radius 2 is 2.07 bits per heavy atom. The number of hydrogen-bond donors (Lipinski definition) is 3. The molecule has 3 aromatic heterocycles. The number of H-pyrrole nitrogens is 1. The van der Waals surface area contributed by atoms with E-state index in [0.29, 0.717) is 18.8 Å². The minimum absolute atomic E-state index is 0.0724. The molecule has 0 aliphatic heterocycles. The number of aromatic amines is 1. The Morgan fingerprint density at radius 3 is 2.89 bits per heavy atom. The average molecular weight is 375 g/mol. The molecular formula is C19H17N7O2. The molecule has 0 bridgehead atoms. The van der Waals surface area contributed by atoms with Crippen LogP contribution in [0.1, 0.15) is 5.69 Å². The summed E-state index contributed by atoms with van der Waals surface area (Å²) in [6.07, 6.45) is 4.08. The summed E-state index contributed by atoms with van der Waals surface area (Å²) in [7, 11) is 0. The zero-order valence-electron chi connectivity index (χ0n) is 14.8. The van der Waals surface area contributed by atoms with Crippen LogP contribution in [-0.2, 0) is 6.42 Å². The molecule has 3 N–H and O–H groups in total. The fraction of sp³-hybridized carbons (Fsp3) is 0.105. The highest BCUT2D eigenvalue weighted by Crippen LogP contribution is 2.26. The summed E-state index contributed by atoms with van der Waals surface area (Å²) in [5, 5.41) is 25.4. The molecule has 0 aliphatic carbocycles. The van der Waals surface area contributed by atoms with Gasteiger partial charge in [0.2, 0.25) is 5.82 Å². The molecule has 0 aliphatic rings. The summed E-state index contributed by atoms with van der Waals surface area (Å²) in [6, 6.07) is 14.4. The Kier molecular flexibility index (Phi) is 4.79. The van der Waals surface area contributed by atoms with E-state index in [1.165, 1.54) is 6.07 Å². The normalized spacial score (nSPS) is 10.7. The van der Waals surface area contributed by atoms with Crippen LogP contribution in [-0.4, -0.2) is 31.6 Å². The molecule has 9 nitrogen and oxygen atoms in total. The lowest BCUT2D eigenvalue weighted by molar-refractivity contribution is -0.384. The SMILES string of the molecule is O=[N+]([O-])c1ccc(Nc2ccc3[nH]ncc3c2)nc1NCCc1ccccn1. The predicted molar refractivity (Wildman–Crippen MR) is 107 cm³/mol. The molecule has 0 saturated carbocycles. The van der Waals surface area contributed by atoms with Crippen molar-refractivity contribution in [2.75, 3.05) is 17.2 Å². The van der Waals surface area contributed by atoms with Crippen LogP contribution < -0.4 is 10.6 Å². The Hall–Kier alpha value is -4.01. The number of rotatable bonds is 7. The van der Waals surface area contributed by atoms with E-state index in [9.17, 15) is 10.1 Å². The van der Waals surface area contributed by atoms with E-state index >= 15 is 0 Å². The predicted octanol–water partition coefficient (Wildman–Crippen LogP) is 3.66. The maximum Gasteiger partial charge on any atom is 0.311 e. The van der Waals surface area contributed by atoms with Gasteiger partial charge >= 0.3 is 5.69 Å². The van der Waals surface area contributed by atoms with E-state index in [-0.39, 0.29) is 11.5 Å². The van der Waals surface area contributed by atoms with Crippen molar-refractivity contribution < 1.29 is 4.92 Å². The first kappa shape index (κ1) is 17.4. The maximum absolute atomic E-state index is 11.3. The fourth-order valence-corrected chi connectivity index (χ4v) is 2.82. The van der Waals surface area contributed by atoms with Crippen LogP contribution in [0.3, 0.4) is 0 Å². The van der Waals surface area contributed by atoms with Gasteiger partial charge in [-0.05, 0) is 36.4 Å². The highest BCUT2D eigenvalue weighted by atomic mass is 16.6. The Bertz CT molecular complexity index is 1110. The number of nitrogens with zero attached hydrogens (tertiary/aromatic N) is 4. The van der Waals surface area contributed by atoms with Gasteiger partial charge in [-0.3, -0.25) is 20.2 Å². The number of pyridine rings is 2. The minimum atomic E-state index is -0.447. The largest absolute Gasteiger partial charge is 0.364 e. The minimum Gasteiger partial charge on any atom is -0.364 e. The smallest absolute Gasteiger partial charge is 0.311 e. The highest BCUT2D eigenvalue weighted by molar-refractivity contribution is 5.82. The van der Waals surface area contributed by atoms with E-state index in [2.05, 4.69) is 30.8 Å². The van der Waals surface area contributed by atoms with Crippen LogP contribution >= 0.6 is 0 Å². The number of aromatic nitrogens is 4. The zero-order valence-corrected chi connectivity index (χ0v) is 14.8. The van der Waals surface area contributed by atoms with Crippen LogP contribution in [0.15, 0.2) is 60.9 Å². The summed E-state index contributed by atoms with van der Waals surface area (Å²) in [4.78, 5) is 19.5. The van der Waals surface area contributed by atoms with Crippen molar-refractivity contribution in [3.05, 3.63) is 76.7 Å². The van der Waals surface area contributed by atoms with E-state index in [1.54, 1.807) is 18.5 Å². The fourth-order valence-electron chi connectivity index (χ4n) is 2.82. The molecule has 0 radical (unpaired) electrons. The first-order valence-corrected chi connectivity index (χ1v) is 8.68. The molecule has 1 aromatic carbocycles. The van der Waals surface area contributed by atoms with Crippen LogP contribution in [0.25, 0.3) is 10.9 Å². The number of benzene rings is 1. The number of nitro groups is 1. The molecule has 140 valence electrons. The van der Waals surface area contributed by atoms with Crippen LogP contribution in [0.5, 0.6) is 0 Å². The van der Waals surface area contributed by atoms with Crippen molar-refractivity contribution in [1.82, 2.24) is 20.2 Å². The Labute approximate surface area is 160 Å². The highest BCUT2D eigenvalue weighted by Gasteiger charge is 2.16. The van der Waals surface area contributed by atoms with Crippen molar-refractivity contribution in [2.24, 2.45) is 0 Å². The Morgan fingerprint density at radius 1 is 1.14 bits per heavy atom. The number of fused-ring (bicyclic) bond motifs is 1. The van der Waals surface area contributed by atoms with Gasteiger partial charge in [-0.2, -0.15) is 5.10 Å². The molecular weight excluding hydrogens is 358 g/mol. The van der Waals surface area contributed by atoms with Gasteiger partial charge in [0, 0.05) is 42.0 Å². The van der Waals surface area contributed by atoms with Gasteiger partial charge in [0.05, 0.1) is 16.6 Å². The number of hydrogen-bond acceptors (Lipinski definition) is 7. The van der Waals surface area contributed by atoms with Crippen LogP contribution in [0.2, 0.25) is 0 Å². The molecule has 9 heteroatoms. The van der Waals surface area contributed by atoms with Crippen molar-refractivity contribution >= 4 is 33.9 Å². The van der Waals surface area contributed by atoms with Gasteiger partial charge in [0.25, 0.3) is 0 Å². The monoisotopic (exact) mass is 375 g/mol. The van der Waals surface area contributed by atoms with Gasteiger partial charge in [-0.1, -0.05) is 6.07 Å². The molecule has 0 spiro atoms. The molecule has 28 heavy (non-hydrogen) atoms. The quantitative estimate of drug-likeness (QED) is 0.333. The van der Waals surface area contributed by atoms with Gasteiger partial charge in [-0.15, -0.1) is 0 Å². The van der Waals surface area contributed by atoms with Gasteiger partial charge in [0.1, 0.15) is 5.82 Å². The first-order chi connectivity index (χ1) is 13.7. The lowest BCUT2D eigenvalue weighted by Gasteiger charge is -2.10. The standard InChI is InChI=1S/C19H17N7O2/c27-26(28)17-6-7-18(23-15-4-5-16-13(11-15)12-22-25-16)24-19(17)21-10-8-14-3-1-2-9-20-14/h1-7,9,11-12H,8,10H2,(H,22,25)(H2,21,23,24). The molecule has 0 amide bonds. The molecule has 0 fully saturated rings. The van der Waals surface area contributed by atoms with Crippen molar-refractivity contribution in [3.8, 4) is 0 Å². The molecule has 0 atom stereocenters. The number of anilines is 3. The van der Waals surface area contributed by atoms with Crippen LogP contribution in [0.4, 0.5) is 23.0 Å². The second kappa shape index (κ2) is 7.70. The van der Waals surface area contributed by atoms with E-state index < -0.39 is 4.92 Å². The second-order valence-electron chi connectivity index (χ2n) is 6.12. The van der Waals surface area contributed by atoms with Gasteiger partial charge in [-0.25, -0.2) is 4.98 Å². The van der Waals surface area contributed by atoms with Crippen molar-refractivity contribution in [1.29, 1.82) is 0 Å². The lowest BCUT2D eigenvalue weighted by Crippen LogP contribution is -2.10. The molecule has 0 saturated heterocycles. The van der Waals surface area contributed by atoms with Crippen LogP contribution in [0, 0.1) is 10.1 Å². The third kappa shape index (κ3) is 3.88. The second-order valence-corrected chi connectivity index (χ2v) is 6.12.